The van der Waals surface area contributed by atoms with Crippen LogP contribution in [0, 0.1) is 13.8 Å². The summed E-state index contributed by atoms with van der Waals surface area (Å²) < 4.78 is 2.20. The van der Waals surface area contributed by atoms with E-state index in [0.29, 0.717) is 0 Å². The van der Waals surface area contributed by atoms with Crippen molar-refractivity contribution in [2.45, 2.75) is 85.7 Å². The van der Waals surface area contributed by atoms with Gasteiger partial charge in [-0.05, 0) is 66.0 Å². The molecule has 1 aromatic rings. The van der Waals surface area contributed by atoms with E-state index in [1.54, 1.807) is 0 Å². The van der Waals surface area contributed by atoms with Crippen LogP contribution in [0.2, 0.25) is 0 Å². The van der Waals surface area contributed by atoms with E-state index >= 15 is 0 Å². The Bertz CT molecular complexity index is 399. The van der Waals surface area contributed by atoms with Crippen molar-refractivity contribution in [2.75, 3.05) is 6.54 Å². The highest BCUT2D eigenvalue weighted by Gasteiger charge is 2.09. The molecule has 0 aliphatic carbocycles. The van der Waals surface area contributed by atoms with Crippen LogP contribution in [0.15, 0.2) is 0 Å². The first-order valence-corrected chi connectivity index (χ1v) is 8.13. The van der Waals surface area contributed by atoms with Crippen LogP contribution >= 0.6 is 0 Å². The van der Waals surface area contributed by atoms with Crippen molar-refractivity contribution in [2.24, 2.45) is 0 Å². The molecule has 0 spiro atoms. The maximum absolute atomic E-state index is 4.65. The Morgan fingerprint density at radius 3 is 2.25 bits per heavy atom. The van der Waals surface area contributed by atoms with Crippen molar-refractivity contribution >= 4 is 0 Å². The number of unbranched alkanes of at least 4 members (excludes halogenated alkanes) is 3. The number of hydrogen-bond donors (Lipinski definition) is 1. The van der Waals surface area contributed by atoms with E-state index in [-0.39, 0.29) is 5.54 Å². The van der Waals surface area contributed by atoms with Gasteiger partial charge in [0.15, 0.2) is 0 Å². The summed E-state index contributed by atoms with van der Waals surface area (Å²) in [5, 5.41) is 8.19. The fourth-order valence-electron chi connectivity index (χ4n) is 2.67. The smallest absolute Gasteiger partial charge is 0.0628 e. The molecule has 3 heteroatoms. The molecule has 0 saturated heterocycles. The first-order chi connectivity index (χ1) is 9.35. The molecule has 20 heavy (non-hydrogen) atoms. The standard InChI is InChI=1S/C17H33N3/c1-7-16-14(2)19-20(15(16)3)13-11-9-8-10-12-18-17(4,5)6/h18H,7-13H2,1-6H3. The van der Waals surface area contributed by atoms with Gasteiger partial charge >= 0.3 is 0 Å². The molecule has 3 nitrogen and oxygen atoms in total. The molecule has 0 amide bonds. The van der Waals surface area contributed by atoms with Gasteiger partial charge in [-0.1, -0.05) is 19.8 Å². The lowest BCUT2D eigenvalue weighted by atomic mass is 10.1. The molecule has 1 aromatic heterocycles. The van der Waals surface area contributed by atoms with Gasteiger partial charge in [-0.25, -0.2) is 0 Å². The second kappa shape index (κ2) is 7.82. The summed E-state index contributed by atoms with van der Waals surface area (Å²) in [5.74, 6) is 0. The Morgan fingerprint density at radius 2 is 1.70 bits per heavy atom. The summed E-state index contributed by atoms with van der Waals surface area (Å²) >= 11 is 0. The zero-order chi connectivity index (χ0) is 15.2. The zero-order valence-electron chi connectivity index (χ0n) is 14.3. The summed E-state index contributed by atoms with van der Waals surface area (Å²) in [7, 11) is 0. The van der Waals surface area contributed by atoms with Gasteiger partial charge < -0.3 is 5.32 Å². The van der Waals surface area contributed by atoms with Crippen LogP contribution in [-0.2, 0) is 13.0 Å². The zero-order valence-corrected chi connectivity index (χ0v) is 14.3. The predicted molar refractivity (Wildman–Crippen MR) is 87.3 cm³/mol. The molecule has 1 N–H and O–H groups in total. The van der Waals surface area contributed by atoms with Gasteiger partial charge in [-0.2, -0.15) is 5.10 Å². The third kappa shape index (κ3) is 5.66. The van der Waals surface area contributed by atoms with Crippen molar-refractivity contribution in [3.05, 3.63) is 17.0 Å². The van der Waals surface area contributed by atoms with Crippen molar-refractivity contribution in [3.8, 4) is 0 Å². The normalized spacial score (nSPS) is 12.1. The summed E-state index contributed by atoms with van der Waals surface area (Å²) in [6, 6.07) is 0. The molecule has 0 fully saturated rings. The largest absolute Gasteiger partial charge is 0.312 e. The monoisotopic (exact) mass is 279 g/mol. The van der Waals surface area contributed by atoms with Crippen LogP contribution in [-0.4, -0.2) is 21.9 Å². The Balaban J connectivity index is 2.19. The van der Waals surface area contributed by atoms with Gasteiger partial charge in [-0.15, -0.1) is 0 Å². The second-order valence-electron chi connectivity index (χ2n) is 6.82. The van der Waals surface area contributed by atoms with Crippen LogP contribution in [0.25, 0.3) is 0 Å². The van der Waals surface area contributed by atoms with Crippen molar-refractivity contribution in [1.82, 2.24) is 15.1 Å². The highest BCUT2D eigenvalue weighted by Crippen LogP contribution is 2.14. The third-order valence-electron chi connectivity index (χ3n) is 3.84. The molecule has 0 saturated carbocycles. The summed E-state index contributed by atoms with van der Waals surface area (Å²) in [6.07, 6.45) is 6.21. The van der Waals surface area contributed by atoms with Crippen molar-refractivity contribution in [1.29, 1.82) is 0 Å². The first kappa shape index (κ1) is 17.2. The minimum atomic E-state index is 0.250. The number of rotatable bonds is 8. The molecule has 0 radical (unpaired) electrons. The van der Waals surface area contributed by atoms with Crippen LogP contribution < -0.4 is 5.32 Å². The van der Waals surface area contributed by atoms with E-state index in [1.807, 2.05) is 0 Å². The van der Waals surface area contributed by atoms with Gasteiger partial charge in [0.2, 0.25) is 0 Å². The minimum absolute atomic E-state index is 0.250. The molecule has 0 aromatic carbocycles. The predicted octanol–water partition coefficient (Wildman–Crippen LogP) is 4.01. The second-order valence-corrected chi connectivity index (χ2v) is 6.82. The quantitative estimate of drug-likeness (QED) is 0.729. The number of hydrogen-bond acceptors (Lipinski definition) is 2. The molecule has 0 bridgehead atoms. The van der Waals surface area contributed by atoms with Crippen LogP contribution in [0.4, 0.5) is 0 Å². The maximum atomic E-state index is 4.65. The van der Waals surface area contributed by atoms with E-state index in [9.17, 15) is 0 Å². The lowest BCUT2D eigenvalue weighted by Gasteiger charge is -2.20. The van der Waals surface area contributed by atoms with Crippen molar-refractivity contribution in [3.63, 3.8) is 0 Å². The topological polar surface area (TPSA) is 29.9 Å². The molecule has 1 rings (SSSR count). The van der Waals surface area contributed by atoms with E-state index in [0.717, 1.165) is 19.5 Å². The maximum Gasteiger partial charge on any atom is 0.0628 e. The SMILES string of the molecule is CCc1c(C)nn(CCCCCCNC(C)(C)C)c1C. The number of aryl methyl sites for hydroxylation is 2. The van der Waals surface area contributed by atoms with E-state index in [4.69, 9.17) is 0 Å². The summed E-state index contributed by atoms with van der Waals surface area (Å²) in [4.78, 5) is 0. The molecular formula is C17H33N3. The van der Waals surface area contributed by atoms with Crippen LogP contribution in [0.5, 0.6) is 0 Å². The van der Waals surface area contributed by atoms with Crippen LogP contribution in [0.1, 0.15) is 70.3 Å². The molecular weight excluding hydrogens is 246 g/mol. The molecule has 0 atom stereocenters. The number of nitrogens with one attached hydrogen (secondary N) is 1. The van der Waals surface area contributed by atoms with Gasteiger partial charge in [0, 0.05) is 17.8 Å². The third-order valence-corrected chi connectivity index (χ3v) is 3.84. The molecule has 0 aliphatic rings. The Labute approximate surface area is 125 Å². The van der Waals surface area contributed by atoms with Gasteiger partial charge in [0.25, 0.3) is 0 Å². The molecule has 0 unspecified atom stereocenters. The fourth-order valence-corrected chi connectivity index (χ4v) is 2.67. The lowest BCUT2D eigenvalue weighted by molar-refractivity contribution is 0.413. The number of nitrogens with zero attached hydrogens (tertiary/aromatic N) is 2. The number of aromatic nitrogens is 2. The van der Waals surface area contributed by atoms with E-state index in [2.05, 4.69) is 56.6 Å². The highest BCUT2D eigenvalue weighted by molar-refractivity contribution is 5.24. The summed E-state index contributed by atoms with van der Waals surface area (Å²) in [5.41, 5.74) is 4.25. The molecule has 0 aliphatic heterocycles. The van der Waals surface area contributed by atoms with Crippen LogP contribution in [0.3, 0.4) is 0 Å². The Morgan fingerprint density at radius 1 is 1.05 bits per heavy atom. The Kier molecular flexibility index (Phi) is 6.74. The van der Waals surface area contributed by atoms with Gasteiger partial charge in [0.1, 0.15) is 0 Å². The average Bonchev–Trinajstić information content (AvgIpc) is 2.61. The lowest BCUT2D eigenvalue weighted by Crippen LogP contribution is -2.36. The van der Waals surface area contributed by atoms with E-state index < -0.39 is 0 Å². The average molecular weight is 279 g/mol. The fraction of sp³-hybridized carbons (Fsp3) is 0.824. The first-order valence-electron chi connectivity index (χ1n) is 8.13. The van der Waals surface area contributed by atoms with Gasteiger partial charge in [-0.3, -0.25) is 4.68 Å². The highest BCUT2D eigenvalue weighted by atomic mass is 15.3. The minimum Gasteiger partial charge on any atom is -0.312 e. The molecule has 1 heterocycles. The van der Waals surface area contributed by atoms with Gasteiger partial charge in [0.05, 0.1) is 5.69 Å². The summed E-state index contributed by atoms with van der Waals surface area (Å²) in [6.45, 7) is 15.4. The Hall–Kier alpha value is -0.830. The molecule has 116 valence electrons. The van der Waals surface area contributed by atoms with Crippen molar-refractivity contribution < 1.29 is 0 Å². The van der Waals surface area contributed by atoms with E-state index in [1.165, 1.54) is 42.6 Å².